The van der Waals surface area contributed by atoms with Crippen LogP contribution in [0, 0.1) is 6.92 Å². The number of rotatable bonds is 5. The molecular weight excluding hydrogens is 452 g/mol. The SMILES string of the molecule is COc1ccc2nc(-c3ccc(C)c(NC(=O)c4ccc(S(C)(=O)=O)cc4Cl)c3)cn2n1. The standard InChI is InChI=1S/C22H19ClN4O4S/c1-13-4-5-14(19-12-27-20(24-19)8-9-21(26-27)31-2)10-18(13)25-22(28)16-7-6-15(11-17(16)23)32(3,29)30/h4-12H,1-3H3,(H,25,28). The van der Waals surface area contributed by atoms with Crippen molar-refractivity contribution in [1.29, 1.82) is 0 Å². The number of aromatic nitrogens is 3. The summed E-state index contributed by atoms with van der Waals surface area (Å²) in [5, 5.41) is 7.21. The lowest BCUT2D eigenvalue weighted by Gasteiger charge is -2.11. The van der Waals surface area contributed by atoms with Crippen LogP contribution in [0.1, 0.15) is 15.9 Å². The number of nitrogens with one attached hydrogen (secondary N) is 1. The summed E-state index contributed by atoms with van der Waals surface area (Å²) in [6.45, 7) is 1.86. The van der Waals surface area contributed by atoms with Gasteiger partial charge in [-0.15, -0.1) is 5.10 Å². The minimum atomic E-state index is -3.42. The molecule has 4 aromatic rings. The van der Waals surface area contributed by atoms with Crippen LogP contribution < -0.4 is 10.1 Å². The number of aryl methyl sites for hydroxylation is 1. The number of ether oxygens (including phenoxy) is 1. The number of methoxy groups -OCH3 is 1. The molecule has 0 bridgehead atoms. The monoisotopic (exact) mass is 470 g/mol. The van der Waals surface area contributed by atoms with Crippen molar-refractivity contribution in [2.75, 3.05) is 18.7 Å². The third kappa shape index (κ3) is 4.30. The van der Waals surface area contributed by atoms with Gasteiger partial charge >= 0.3 is 0 Å². The van der Waals surface area contributed by atoms with E-state index in [9.17, 15) is 13.2 Å². The molecule has 2 heterocycles. The molecule has 0 unspecified atom stereocenters. The van der Waals surface area contributed by atoms with Gasteiger partial charge in [0.25, 0.3) is 5.91 Å². The molecule has 0 spiro atoms. The van der Waals surface area contributed by atoms with E-state index >= 15 is 0 Å². The fourth-order valence-corrected chi connectivity index (χ4v) is 4.11. The second kappa shape index (κ2) is 8.25. The van der Waals surface area contributed by atoms with E-state index in [4.69, 9.17) is 16.3 Å². The summed E-state index contributed by atoms with van der Waals surface area (Å²) in [6, 6.07) is 13.1. The van der Waals surface area contributed by atoms with Gasteiger partial charge in [-0.2, -0.15) is 0 Å². The van der Waals surface area contributed by atoms with Gasteiger partial charge in [0.05, 0.1) is 34.5 Å². The summed E-state index contributed by atoms with van der Waals surface area (Å²) in [4.78, 5) is 17.4. The summed E-state index contributed by atoms with van der Waals surface area (Å²) in [7, 11) is -1.88. The van der Waals surface area contributed by atoms with Crippen LogP contribution in [0.5, 0.6) is 5.88 Å². The van der Waals surface area contributed by atoms with Crippen molar-refractivity contribution >= 4 is 38.7 Å². The number of carbonyl (C=O) groups excluding carboxylic acids is 1. The Bertz CT molecular complexity index is 1460. The van der Waals surface area contributed by atoms with Crippen LogP contribution in [0.4, 0.5) is 5.69 Å². The first kappa shape index (κ1) is 21.8. The largest absolute Gasteiger partial charge is 0.480 e. The quantitative estimate of drug-likeness (QED) is 0.472. The number of imidazole rings is 1. The minimum absolute atomic E-state index is 0.0503. The first-order chi connectivity index (χ1) is 15.2. The lowest BCUT2D eigenvalue weighted by molar-refractivity contribution is 0.102. The number of carbonyl (C=O) groups is 1. The van der Waals surface area contributed by atoms with E-state index in [-0.39, 0.29) is 15.5 Å². The molecule has 0 saturated carbocycles. The van der Waals surface area contributed by atoms with Crippen molar-refractivity contribution in [2.24, 2.45) is 0 Å². The number of nitrogens with zero attached hydrogens (tertiary/aromatic N) is 3. The Kier molecular flexibility index (Phi) is 5.62. The number of anilines is 1. The molecule has 32 heavy (non-hydrogen) atoms. The second-order valence-electron chi connectivity index (χ2n) is 7.20. The highest BCUT2D eigenvalue weighted by Crippen LogP contribution is 2.27. The summed E-state index contributed by atoms with van der Waals surface area (Å²) in [5.41, 5.74) is 3.72. The smallest absolute Gasteiger partial charge is 0.257 e. The Morgan fingerprint density at radius 2 is 1.91 bits per heavy atom. The maximum atomic E-state index is 12.8. The summed E-state index contributed by atoms with van der Waals surface area (Å²) >= 11 is 6.18. The van der Waals surface area contributed by atoms with Gasteiger partial charge < -0.3 is 10.1 Å². The average Bonchev–Trinajstić information content (AvgIpc) is 3.17. The van der Waals surface area contributed by atoms with Gasteiger partial charge in [0, 0.05) is 23.6 Å². The molecule has 1 N–H and O–H groups in total. The molecule has 0 aliphatic rings. The molecule has 2 aromatic carbocycles. The number of sulfone groups is 1. The number of fused-ring (bicyclic) bond motifs is 1. The van der Waals surface area contributed by atoms with Crippen molar-refractivity contribution in [3.8, 4) is 17.1 Å². The molecule has 0 fully saturated rings. The van der Waals surface area contributed by atoms with E-state index in [1.54, 1.807) is 30.0 Å². The van der Waals surface area contributed by atoms with Crippen LogP contribution in [-0.4, -0.2) is 42.3 Å². The molecule has 2 aromatic heterocycles. The minimum Gasteiger partial charge on any atom is -0.480 e. The zero-order valence-corrected chi connectivity index (χ0v) is 19.0. The molecule has 0 aliphatic carbocycles. The zero-order chi connectivity index (χ0) is 23.0. The van der Waals surface area contributed by atoms with Crippen molar-refractivity contribution in [1.82, 2.24) is 14.6 Å². The number of hydrogen-bond acceptors (Lipinski definition) is 6. The van der Waals surface area contributed by atoms with E-state index in [1.165, 1.54) is 18.2 Å². The maximum Gasteiger partial charge on any atom is 0.257 e. The van der Waals surface area contributed by atoms with Crippen molar-refractivity contribution < 1.29 is 17.9 Å². The number of amides is 1. The molecule has 164 valence electrons. The van der Waals surface area contributed by atoms with Gasteiger partial charge in [0.1, 0.15) is 0 Å². The fraction of sp³-hybridized carbons (Fsp3) is 0.136. The lowest BCUT2D eigenvalue weighted by atomic mass is 10.1. The van der Waals surface area contributed by atoms with Crippen LogP contribution in [0.2, 0.25) is 5.02 Å². The molecule has 10 heteroatoms. The highest BCUT2D eigenvalue weighted by molar-refractivity contribution is 7.90. The van der Waals surface area contributed by atoms with E-state index in [1.807, 2.05) is 25.1 Å². The molecule has 8 nitrogen and oxygen atoms in total. The van der Waals surface area contributed by atoms with Crippen LogP contribution >= 0.6 is 11.6 Å². The normalized spacial score (nSPS) is 11.5. The maximum absolute atomic E-state index is 12.8. The zero-order valence-electron chi connectivity index (χ0n) is 17.5. The van der Waals surface area contributed by atoms with E-state index in [0.717, 1.165) is 17.4 Å². The van der Waals surface area contributed by atoms with Crippen LogP contribution in [0.15, 0.2) is 59.6 Å². The Labute approximate surface area is 189 Å². The predicted octanol–water partition coefficient (Wildman–Crippen LogP) is 4.02. The molecule has 0 saturated heterocycles. The number of halogens is 1. The Morgan fingerprint density at radius 1 is 1.12 bits per heavy atom. The average molecular weight is 471 g/mol. The summed E-state index contributed by atoms with van der Waals surface area (Å²) in [5.74, 6) is 0.0220. The van der Waals surface area contributed by atoms with Gasteiger partial charge in [-0.05, 0) is 42.8 Å². The molecule has 0 atom stereocenters. The Morgan fingerprint density at radius 3 is 2.59 bits per heavy atom. The fourth-order valence-electron chi connectivity index (χ4n) is 3.13. The number of hydrogen-bond donors (Lipinski definition) is 1. The highest BCUT2D eigenvalue weighted by Gasteiger charge is 2.16. The van der Waals surface area contributed by atoms with Gasteiger partial charge in [-0.25, -0.2) is 17.9 Å². The van der Waals surface area contributed by atoms with Crippen LogP contribution in [0.3, 0.4) is 0 Å². The Balaban J connectivity index is 1.64. The lowest BCUT2D eigenvalue weighted by Crippen LogP contribution is -2.14. The van der Waals surface area contributed by atoms with E-state index < -0.39 is 15.7 Å². The molecule has 4 rings (SSSR count). The van der Waals surface area contributed by atoms with E-state index in [0.29, 0.717) is 22.9 Å². The van der Waals surface area contributed by atoms with Crippen LogP contribution in [0.25, 0.3) is 16.9 Å². The first-order valence-corrected chi connectivity index (χ1v) is 11.7. The van der Waals surface area contributed by atoms with Gasteiger partial charge in [0.15, 0.2) is 15.5 Å². The summed E-state index contributed by atoms with van der Waals surface area (Å²) < 4.78 is 30.2. The molecule has 0 aliphatic heterocycles. The highest BCUT2D eigenvalue weighted by atomic mass is 35.5. The van der Waals surface area contributed by atoms with Crippen molar-refractivity contribution in [3.05, 3.63) is 70.9 Å². The van der Waals surface area contributed by atoms with Gasteiger partial charge in [0.2, 0.25) is 5.88 Å². The predicted molar refractivity (Wildman–Crippen MR) is 122 cm³/mol. The topological polar surface area (TPSA) is 103 Å². The van der Waals surface area contributed by atoms with Gasteiger partial charge in [-0.1, -0.05) is 23.7 Å². The third-order valence-corrected chi connectivity index (χ3v) is 6.32. The number of benzene rings is 2. The molecule has 1 amide bonds. The summed E-state index contributed by atoms with van der Waals surface area (Å²) in [6.07, 6.45) is 2.85. The second-order valence-corrected chi connectivity index (χ2v) is 9.63. The van der Waals surface area contributed by atoms with E-state index in [2.05, 4.69) is 15.4 Å². The molecular formula is C22H19ClN4O4S. The van der Waals surface area contributed by atoms with Crippen molar-refractivity contribution in [2.45, 2.75) is 11.8 Å². The third-order valence-electron chi connectivity index (χ3n) is 4.90. The Hall–Kier alpha value is -3.43. The molecule has 0 radical (unpaired) electrons. The first-order valence-electron chi connectivity index (χ1n) is 9.48. The van der Waals surface area contributed by atoms with Crippen LogP contribution in [-0.2, 0) is 9.84 Å². The van der Waals surface area contributed by atoms with Crippen molar-refractivity contribution in [3.63, 3.8) is 0 Å². The van der Waals surface area contributed by atoms with Gasteiger partial charge in [-0.3, -0.25) is 4.79 Å².